The van der Waals surface area contributed by atoms with Crippen LogP contribution in [0.25, 0.3) is 0 Å². The van der Waals surface area contributed by atoms with Crippen LogP contribution in [0.5, 0.6) is 11.5 Å². The Morgan fingerprint density at radius 1 is 1.33 bits per heavy atom. The summed E-state index contributed by atoms with van der Waals surface area (Å²) < 4.78 is 16.1. The zero-order valence-corrected chi connectivity index (χ0v) is 9.15. The third-order valence-electron chi connectivity index (χ3n) is 1.98. The Kier molecular flexibility index (Phi) is 4.17. The highest BCUT2D eigenvalue weighted by Crippen LogP contribution is 2.28. The Morgan fingerprint density at radius 3 is 2.60 bits per heavy atom. The normalized spacial score (nSPS) is 10.1. The van der Waals surface area contributed by atoms with Crippen LogP contribution >= 0.6 is 0 Å². The van der Waals surface area contributed by atoms with Gasteiger partial charge in [0.2, 0.25) is 5.75 Å². The van der Waals surface area contributed by atoms with E-state index in [1.165, 1.54) is 20.4 Å². The van der Waals surface area contributed by atoms with Gasteiger partial charge in [0.25, 0.3) is 5.69 Å². The molecule has 0 saturated heterocycles. The Morgan fingerprint density at radius 2 is 2.07 bits per heavy atom. The second kappa shape index (κ2) is 5.41. The molecule has 84 valence electrons. The quantitative estimate of drug-likeness (QED) is 0.538. The zero-order valence-electron chi connectivity index (χ0n) is 9.15. The van der Waals surface area contributed by atoms with E-state index in [0.717, 1.165) is 4.73 Å². The molecule has 0 amide bonds. The molecular weight excluding hydrogens is 198 g/mol. The standard InChI is InChI=1S/C10H15NO4/c1-4-15-7-8-10(14-3)9(13-2)5-6-11(8)12/h5-6H,4,7H2,1-3H3. The van der Waals surface area contributed by atoms with Crippen molar-refractivity contribution in [2.75, 3.05) is 20.8 Å². The number of methoxy groups -OCH3 is 2. The van der Waals surface area contributed by atoms with Crippen LogP contribution in [0.2, 0.25) is 0 Å². The lowest BCUT2D eigenvalue weighted by Gasteiger charge is -2.11. The molecule has 0 aliphatic heterocycles. The number of nitrogens with zero attached hydrogens (tertiary/aromatic N) is 1. The van der Waals surface area contributed by atoms with Gasteiger partial charge in [-0.15, -0.1) is 0 Å². The van der Waals surface area contributed by atoms with Crippen molar-refractivity contribution in [1.29, 1.82) is 0 Å². The molecule has 5 heteroatoms. The first-order valence-corrected chi connectivity index (χ1v) is 4.65. The zero-order chi connectivity index (χ0) is 11.3. The molecule has 1 aromatic heterocycles. The summed E-state index contributed by atoms with van der Waals surface area (Å²) in [6, 6.07) is 1.56. The van der Waals surface area contributed by atoms with Gasteiger partial charge in [0.05, 0.1) is 14.2 Å². The van der Waals surface area contributed by atoms with Gasteiger partial charge in [0.15, 0.2) is 11.9 Å². The van der Waals surface area contributed by atoms with Crippen molar-refractivity contribution >= 4 is 0 Å². The second-order valence-electron chi connectivity index (χ2n) is 2.83. The maximum absolute atomic E-state index is 11.5. The third kappa shape index (κ3) is 2.50. The average molecular weight is 213 g/mol. The smallest absolute Gasteiger partial charge is 0.264 e. The first-order chi connectivity index (χ1) is 7.24. The maximum Gasteiger partial charge on any atom is 0.264 e. The molecule has 0 saturated carbocycles. The van der Waals surface area contributed by atoms with Crippen molar-refractivity contribution < 1.29 is 18.9 Å². The Hall–Kier alpha value is -1.49. The SMILES string of the molecule is CCOCc1c(OC)c(OC)cc[n+]1[O-]. The van der Waals surface area contributed by atoms with Crippen LogP contribution in [-0.4, -0.2) is 20.8 Å². The first-order valence-electron chi connectivity index (χ1n) is 4.65. The van der Waals surface area contributed by atoms with Crippen LogP contribution in [0.1, 0.15) is 12.6 Å². The van der Waals surface area contributed by atoms with Crippen molar-refractivity contribution in [3.63, 3.8) is 0 Å². The number of hydrogen-bond donors (Lipinski definition) is 0. The summed E-state index contributed by atoms with van der Waals surface area (Å²) in [5.74, 6) is 0.947. The van der Waals surface area contributed by atoms with Crippen molar-refractivity contribution in [1.82, 2.24) is 0 Å². The third-order valence-corrected chi connectivity index (χ3v) is 1.98. The second-order valence-corrected chi connectivity index (χ2v) is 2.83. The van der Waals surface area contributed by atoms with E-state index in [4.69, 9.17) is 14.2 Å². The van der Waals surface area contributed by atoms with Gasteiger partial charge in [-0.25, -0.2) is 0 Å². The molecule has 0 radical (unpaired) electrons. The molecule has 0 fully saturated rings. The minimum absolute atomic E-state index is 0.209. The molecule has 0 spiro atoms. The minimum Gasteiger partial charge on any atom is -0.618 e. The van der Waals surface area contributed by atoms with E-state index >= 15 is 0 Å². The fourth-order valence-electron chi connectivity index (χ4n) is 1.25. The van der Waals surface area contributed by atoms with Gasteiger partial charge in [-0.3, -0.25) is 0 Å². The van der Waals surface area contributed by atoms with Crippen molar-refractivity contribution in [2.24, 2.45) is 0 Å². The molecule has 0 aliphatic carbocycles. The highest BCUT2D eigenvalue weighted by atomic mass is 16.5. The summed E-state index contributed by atoms with van der Waals surface area (Å²) in [6.45, 7) is 2.61. The van der Waals surface area contributed by atoms with Crippen molar-refractivity contribution in [3.8, 4) is 11.5 Å². The van der Waals surface area contributed by atoms with E-state index in [9.17, 15) is 5.21 Å². The molecule has 5 nitrogen and oxygen atoms in total. The van der Waals surface area contributed by atoms with Gasteiger partial charge in [0, 0.05) is 12.7 Å². The van der Waals surface area contributed by atoms with Crippen LogP contribution in [0.15, 0.2) is 12.3 Å². The fourth-order valence-corrected chi connectivity index (χ4v) is 1.25. The molecule has 15 heavy (non-hydrogen) atoms. The highest BCUT2D eigenvalue weighted by molar-refractivity contribution is 5.40. The summed E-state index contributed by atoms with van der Waals surface area (Å²) in [6.07, 6.45) is 1.37. The van der Waals surface area contributed by atoms with Gasteiger partial charge in [-0.2, -0.15) is 4.73 Å². The summed E-state index contributed by atoms with van der Waals surface area (Å²) in [4.78, 5) is 0. The molecular formula is C10H15NO4. The molecule has 0 bridgehead atoms. The van der Waals surface area contributed by atoms with Crippen molar-refractivity contribution in [3.05, 3.63) is 23.2 Å². The molecule has 0 atom stereocenters. The fraction of sp³-hybridized carbons (Fsp3) is 0.500. The lowest BCUT2D eigenvalue weighted by atomic mass is 10.3. The lowest BCUT2D eigenvalue weighted by Crippen LogP contribution is -2.32. The van der Waals surface area contributed by atoms with Gasteiger partial charge in [-0.1, -0.05) is 0 Å². The van der Waals surface area contributed by atoms with E-state index in [1.54, 1.807) is 6.07 Å². The summed E-state index contributed by atoms with van der Waals surface area (Å²) >= 11 is 0. The molecule has 1 heterocycles. The number of rotatable bonds is 5. The minimum atomic E-state index is 0.209. The monoisotopic (exact) mass is 213 g/mol. The van der Waals surface area contributed by atoms with E-state index in [1.807, 2.05) is 6.92 Å². The van der Waals surface area contributed by atoms with Gasteiger partial charge in [0.1, 0.15) is 6.61 Å². The first kappa shape index (κ1) is 11.6. The molecule has 0 aromatic carbocycles. The van der Waals surface area contributed by atoms with E-state index in [0.29, 0.717) is 23.8 Å². The van der Waals surface area contributed by atoms with Gasteiger partial charge in [-0.05, 0) is 6.92 Å². The van der Waals surface area contributed by atoms with Crippen LogP contribution < -0.4 is 14.2 Å². The van der Waals surface area contributed by atoms with Crippen LogP contribution in [0, 0.1) is 5.21 Å². The lowest BCUT2D eigenvalue weighted by molar-refractivity contribution is -0.617. The van der Waals surface area contributed by atoms with E-state index < -0.39 is 0 Å². The molecule has 1 rings (SSSR count). The average Bonchev–Trinajstić information content (AvgIpc) is 2.27. The number of pyridine rings is 1. The molecule has 1 aromatic rings. The Labute approximate surface area is 88.8 Å². The highest BCUT2D eigenvalue weighted by Gasteiger charge is 2.18. The topological polar surface area (TPSA) is 54.6 Å². The predicted octanol–water partition coefficient (Wildman–Crippen LogP) is 0.874. The number of ether oxygens (including phenoxy) is 3. The maximum atomic E-state index is 11.5. The summed E-state index contributed by atoms with van der Waals surface area (Å²) in [7, 11) is 3.02. The van der Waals surface area contributed by atoms with Gasteiger partial charge >= 0.3 is 0 Å². The number of hydrogen-bond acceptors (Lipinski definition) is 4. The molecule has 0 unspecified atom stereocenters. The Balaban J connectivity index is 3.07. The largest absolute Gasteiger partial charge is 0.618 e. The van der Waals surface area contributed by atoms with Crippen LogP contribution in [0.4, 0.5) is 0 Å². The predicted molar refractivity (Wildman–Crippen MR) is 53.8 cm³/mol. The molecule has 0 N–H and O–H groups in total. The molecule has 0 aliphatic rings. The van der Waals surface area contributed by atoms with Crippen LogP contribution in [-0.2, 0) is 11.3 Å². The Bertz CT molecular complexity index is 327. The van der Waals surface area contributed by atoms with E-state index in [2.05, 4.69) is 0 Å². The van der Waals surface area contributed by atoms with Gasteiger partial charge < -0.3 is 19.4 Å². The van der Waals surface area contributed by atoms with Crippen molar-refractivity contribution in [2.45, 2.75) is 13.5 Å². The summed E-state index contributed by atoms with van der Waals surface area (Å²) in [5, 5.41) is 11.5. The summed E-state index contributed by atoms with van der Waals surface area (Å²) in [5.41, 5.74) is 0.415. The van der Waals surface area contributed by atoms with E-state index in [-0.39, 0.29) is 6.61 Å². The van der Waals surface area contributed by atoms with Crippen LogP contribution in [0.3, 0.4) is 0 Å². The number of aromatic nitrogens is 1.